The number of para-hydroxylation sites is 1. The van der Waals surface area contributed by atoms with Crippen molar-refractivity contribution in [1.29, 1.82) is 0 Å². The molecular formula is C16H21NO3. The first-order chi connectivity index (χ1) is 9.68. The second kappa shape index (κ2) is 5.44. The molecule has 0 spiro atoms. The van der Waals surface area contributed by atoms with Gasteiger partial charge in [-0.25, -0.2) is 0 Å². The summed E-state index contributed by atoms with van der Waals surface area (Å²) in [6.45, 7) is 0.408. The fourth-order valence-corrected chi connectivity index (χ4v) is 3.32. The molecular weight excluding hydrogens is 254 g/mol. The second-order valence-electron chi connectivity index (χ2n) is 5.77. The zero-order valence-electron chi connectivity index (χ0n) is 11.8. The number of fused-ring (bicyclic) bond motifs is 1. The fraction of sp³-hybridized carbons (Fsp3) is 0.562. The quantitative estimate of drug-likeness (QED) is 0.897. The Kier molecular flexibility index (Phi) is 3.66. The first-order valence-electron chi connectivity index (χ1n) is 7.35. The third-order valence-electron chi connectivity index (χ3n) is 4.54. The number of nitrogens with zero attached hydrogens (tertiary/aromatic N) is 1. The van der Waals surface area contributed by atoms with Crippen LogP contribution in [-0.4, -0.2) is 41.7 Å². The molecule has 20 heavy (non-hydrogen) atoms. The number of hydrogen-bond acceptors (Lipinski definition) is 3. The molecule has 0 bridgehead atoms. The number of amides is 1. The van der Waals surface area contributed by atoms with Crippen molar-refractivity contribution in [2.45, 2.75) is 43.7 Å². The van der Waals surface area contributed by atoms with Gasteiger partial charge in [-0.3, -0.25) is 4.79 Å². The number of hydrogen-bond donors (Lipinski definition) is 1. The minimum absolute atomic E-state index is 0.0518. The molecule has 4 heteroatoms. The molecule has 4 nitrogen and oxygen atoms in total. The largest absolute Gasteiger partial charge is 0.492 e. The van der Waals surface area contributed by atoms with Crippen molar-refractivity contribution in [3.63, 3.8) is 0 Å². The van der Waals surface area contributed by atoms with Gasteiger partial charge in [-0.2, -0.15) is 0 Å². The van der Waals surface area contributed by atoms with E-state index in [4.69, 9.17) is 4.74 Å². The summed E-state index contributed by atoms with van der Waals surface area (Å²) in [6, 6.07) is 7.65. The molecule has 0 aromatic heterocycles. The van der Waals surface area contributed by atoms with E-state index in [0.717, 1.165) is 37.0 Å². The maximum atomic E-state index is 12.7. The van der Waals surface area contributed by atoms with Gasteiger partial charge in [0.1, 0.15) is 18.3 Å². The van der Waals surface area contributed by atoms with Crippen molar-refractivity contribution in [1.82, 2.24) is 4.90 Å². The van der Waals surface area contributed by atoms with Crippen LogP contribution in [0.2, 0.25) is 0 Å². The van der Waals surface area contributed by atoms with Gasteiger partial charge in [-0.05, 0) is 18.9 Å². The number of benzene rings is 1. The number of rotatable bonds is 2. The zero-order valence-corrected chi connectivity index (χ0v) is 11.8. The third-order valence-corrected chi connectivity index (χ3v) is 4.54. The van der Waals surface area contributed by atoms with Crippen LogP contribution in [0.15, 0.2) is 24.3 Å². The maximum absolute atomic E-state index is 12.7. The third kappa shape index (κ3) is 2.29. The molecule has 1 saturated carbocycles. The Morgan fingerprint density at radius 3 is 2.85 bits per heavy atom. The lowest BCUT2D eigenvalue weighted by Gasteiger charge is -2.36. The summed E-state index contributed by atoms with van der Waals surface area (Å²) in [5.41, 5.74) is 0.967. The lowest BCUT2D eigenvalue weighted by molar-refractivity contribution is -0.137. The predicted octanol–water partition coefficient (Wildman–Crippen LogP) is 1.92. The average Bonchev–Trinajstić information content (AvgIpc) is 2.90. The molecule has 1 N–H and O–H groups in total. The first kappa shape index (κ1) is 13.4. The van der Waals surface area contributed by atoms with E-state index in [9.17, 15) is 9.90 Å². The number of carbonyl (C=O) groups excluding carboxylic acids is 1. The van der Waals surface area contributed by atoms with Gasteiger partial charge in [-0.1, -0.05) is 31.0 Å². The SMILES string of the molecule is CN(C(=O)C1COc2ccccc21)C1CCCCC1O. The summed E-state index contributed by atoms with van der Waals surface area (Å²) in [5, 5.41) is 10.1. The Labute approximate surface area is 119 Å². The molecule has 1 aliphatic heterocycles. The van der Waals surface area contributed by atoms with Gasteiger partial charge in [0.25, 0.3) is 0 Å². The molecule has 3 atom stereocenters. The summed E-state index contributed by atoms with van der Waals surface area (Å²) in [6.07, 6.45) is 3.42. The van der Waals surface area contributed by atoms with E-state index >= 15 is 0 Å². The number of likely N-dealkylation sites (N-methyl/N-ethyl adjacent to an activating group) is 1. The number of aliphatic hydroxyl groups excluding tert-OH is 1. The first-order valence-corrected chi connectivity index (χ1v) is 7.35. The molecule has 3 rings (SSSR count). The molecule has 1 heterocycles. The van der Waals surface area contributed by atoms with Crippen LogP contribution in [0.1, 0.15) is 37.2 Å². The van der Waals surface area contributed by atoms with Gasteiger partial charge in [-0.15, -0.1) is 0 Å². The van der Waals surface area contributed by atoms with Crippen molar-refractivity contribution in [2.24, 2.45) is 0 Å². The van der Waals surface area contributed by atoms with Gasteiger partial charge in [0.15, 0.2) is 0 Å². The normalized spacial score (nSPS) is 28.6. The van der Waals surface area contributed by atoms with Gasteiger partial charge < -0.3 is 14.7 Å². The van der Waals surface area contributed by atoms with Gasteiger partial charge in [0.2, 0.25) is 5.91 Å². The monoisotopic (exact) mass is 275 g/mol. The number of aliphatic hydroxyl groups is 1. The van der Waals surface area contributed by atoms with Crippen LogP contribution in [0.3, 0.4) is 0 Å². The van der Waals surface area contributed by atoms with Gasteiger partial charge in [0, 0.05) is 12.6 Å². The molecule has 1 amide bonds. The Bertz CT molecular complexity index is 502. The van der Waals surface area contributed by atoms with E-state index < -0.39 is 6.10 Å². The summed E-state index contributed by atoms with van der Waals surface area (Å²) in [7, 11) is 1.81. The molecule has 2 aliphatic rings. The van der Waals surface area contributed by atoms with Crippen LogP contribution in [0.4, 0.5) is 0 Å². The van der Waals surface area contributed by atoms with Crippen LogP contribution < -0.4 is 4.74 Å². The molecule has 1 aromatic carbocycles. The fourth-order valence-electron chi connectivity index (χ4n) is 3.32. The molecule has 0 radical (unpaired) electrons. The van der Waals surface area contributed by atoms with E-state index in [1.165, 1.54) is 0 Å². The van der Waals surface area contributed by atoms with Crippen molar-refractivity contribution in [3.8, 4) is 5.75 Å². The van der Waals surface area contributed by atoms with E-state index in [0.29, 0.717) is 6.61 Å². The summed E-state index contributed by atoms with van der Waals surface area (Å²) >= 11 is 0. The minimum atomic E-state index is -0.393. The van der Waals surface area contributed by atoms with Crippen molar-refractivity contribution < 1.29 is 14.6 Å². The number of ether oxygens (including phenoxy) is 1. The van der Waals surface area contributed by atoms with Gasteiger partial charge >= 0.3 is 0 Å². The lowest BCUT2D eigenvalue weighted by atomic mass is 9.90. The topological polar surface area (TPSA) is 49.8 Å². The Morgan fingerprint density at radius 2 is 2.05 bits per heavy atom. The predicted molar refractivity (Wildman–Crippen MR) is 75.7 cm³/mol. The lowest BCUT2D eigenvalue weighted by Crippen LogP contribution is -2.48. The van der Waals surface area contributed by atoms with E-state index in [1.54, 1.807) is 4.90 Å². The smallest absolute Gasteiger partial charge is 0.233 e. The van der Waals surface area contributed by atoms with Crippen LogP contribution >= 0.6 is 0 Å². The maximum Gasteiger partial charge on any atom is 0.233 e. The zero-order chi connectivity index (χ0) is 14.1. The highest BCUT2D eigenvalue weighted by Gasteiger charge is 2.36. The molecule has 1 aromatic rings. The Morgan fingerprint density at radius 1 is 1.30 bits per heavy atom. The second-order valence-corrected chi connectivity index (χ2v) is 5.77. The van der Waals surface area contributed by atoms with Crippen LogP contribution in [0.5, 0.6) is 5.75 Å². The van der Waals surface area contributed by atoms with Crippen molar-refractivity contribution >= 4 is 5.91 Å². The molecule has 0 saturated heterocycles. The van der Waals surface area contributed by atoms with E-state index in [1.807, 2.05) is 31.3 Å². The Hall–Kier alpha value is -1.55. The highest BCUT2D eigenvalue weighted by Crippen LogP contribution is 2.35. The number of carbonyl (C=O) groups is 1. The minimum Gasteiger partial charge on any atom is -0.492 e. The van der Waals surface area contributed by atoms with Crippen LogP contribution in [0.25, 0.3) is 0 Å². The molecule has 108 valence electrons. The van der Waals surface area contributed by atoms with Crippen molar-refractivity contribution in [2.75, 3.05) is 13.7 Å². The molecule has 3 unspecified atom stereocenters. The van der Waals surface area contributed by atoms with Crippen molar-refractivity contribution in [3.05, 3.63) is 29.8 Å². The van der Waals surface area contributed by atoms with Crippen LogP contribution in [-0.2, 0) is 4.79 Å². The van der Waals surface area contributed by atoms with Gasteiger partial charge in [0.05, 0.1) is 12.1 Å². The Balaban J connectivity index is 1.76. The summed E-state index contributed by atoms with van der Waals surface area (Å²) in [4.78, 5) is 14.4. The molecule has 1 aliphatic carbocycles. The van der Waals surface area contributed by atoms with Crippen LogP contribution in [0, 0.1) is 0 Å². The highest BCUT2D eigenvalue weighted by molar-refractivity contribution is 5.85. The summed E-state index contributed by atoms with van der Waals surface area (Å²) < 4.78 is 5.59. The van der Waals surface area contributed by atoms with E-state index in [-0.39, 0.29) is 17.9 Å². The average molecular weight is 275 g/mol. The highest BCUT2D eigenvalue weighted by atomic mass is 16.5. The standard InChI is InChI=1S/C16H21NO3/c1-17(13-7-3-4-8-14(13)18)16(19)12-10-20-15-9-5-2-6-11(12)15/h2,5-6,9,12-14,18H,3-4,7-8,10H2,1H3. The van der Waals surface area contributed by atoms with E-state index in [2.05, 4.69) is 0 Å². The molecule has 1 fully saturated rings. The summed E-state index contributed by atoms with van der Waals surface area (Å²) in [5.74, 6) is 0.634.